The van der Waals surface area contributed by atoms with Crippen LogP contribution >= 0.6 is 0 Å². The van der Waals surface area contributed by atoms with E-state index < -0.39 is 0 Å². The average Bonchev–Trinajstić information content (AvgIpc) is 3.47. The number of ether oxygens (including phenoxy) is 2. The topological polar surface area (TPSA) is 42.0 Å². The summed E-state index contributed by atoms with van der Waals surface area (Å²) in [5.41, 5.74) is 0.549. The van der Waals surface area contributed by atoms with Gasteiger partial charge in [0, 0.05) is 32.3 Å². The van der Waals surface area contributed by atoms with Crippen LogP contribution in [0.2, 0.25) is 0 Å². The predicted molar refractivity (Wildman–Crippen MR) is 97.0 cm³/mol. The number of hydrogen-bond donors (Lipinski definition) is 0. The van der Waals surface area contributed by atoms with Crippen molar-refractivity contribution in [2.45, 2.75) is 38.2 Å². The van der Waals surface area contributed by atoms with Crippen LogP contribution in [0.25, 0.3) is 0 Å². The van der Waals surface area contributed by atoms with E-state index in [9.17, 15) is 9.18 Å². The molecule has 0 aromatic heterocycles. The van der Waals surface area contributed by atoms with Gasteiger partial charge in [0.25, 0.3) is 5.91 Å². The Morgan fingerprint density at radius 1 is 1.15 bits per heavy atom. The van der Waals surface area contributed by atoms with E-state index in [1.54, 1.807) is 11.0 Å². The highest BCUT2D eigenvalue weighted by Crippen LogP contribution is 2.33. The second kappa shape index (κ2) is 7.92. The molecule has 0 unspecified atom stereocenters. The van der Waals surface area contributed by atoms with Crippen LogP contribution < -0.4 is 9.64 Å². The lowest BCUT2D eigenvalue weighted by Crippen LogP contribution is -2.42. The monoisotopic (exact) mass is 362 g/mol. The summed E-state index contributed by atoms with van der Waals surface area (Å²) in [5, 5.41) is 0. The third-order valence-electron chi connectivity index (χ3n) is 5.52. The van der Waals surface area contributed by atoms with Gasteiger partial charge in [-0.05, 0) is 56.7 Å². The van der Waals surface area contributed by atoms with E-state index in [1.165, 1.54) is 25.0 Å². The fourth-order valence-corrected chi connectivity index (χ4v) is 3.73. The summed E-state index contributed by atoms with van der Waals surface area (Å²) in [4.78, 5) is 16.3. The van der Waals surface area contributed by atoms with Crippen LogP contribution in [0.1, 0.15) is 32.1 Å². The first-order chi connectivity index (χ1) is 12.7. The summed E-state index contributed by atoms with van der Waals surface area (Å²) in [7, 11) is 0. The molecule has 0 spiro atoms. The first kappa shape index (κ1) is 17.7. The molecule has 5 nitrogen and oxygen atoms in total. The number of fused-ring (bicyclic) bond motifs is 1. The van der Waals surface area contributed by atoms with E-state index in [-0.39, 0.29) is 18.3 Å². The second-order valence-corrected chi connectivity index (χ2v) is 7.62. The summed E-state index contributed by atoms with van der Waals surface area (Å²) in [6.45, 7) is 4.62. The van der Waals surface area contributed by atoms with Crippen LogP contribution in [0, 0.1) is 11.7 Å². The number of nitrogens with zero attached hydrogens (tertiary/aromatic N) is 2. The zero-order valence-corrected chi connectivity index (χ0v) is 15.2. The number of carbonyl (C=O) groups is 1. The number of piperidine rings is 1. The quantitative estimate of drug-likeness (QED) is 0.748. The van der Waals surface area contributed by atoms with Crippen LogP contribution in [0.5, 0.6) is 5.75 Å². The molecule has 2 aliphatic heterocycles. The molecule has 0 bridgehead atoms. The molecule has 142 valence electrons. The molecule has 0 atom stereocenters. The number of anilines is 1. The Hall–Kier alpha value is -1.66. The summed E-state index contributed by atoms with van der Waals surface area (Å²) in [5.74, 6) is 0.960. The van der Waals surface area contributed by atoms with Crippen molar-refractivity contribution in [3.8, 4) is 5.75 Å². The number of rotatable bonds is 7. The standard InChI is InChI=1S/C20H27FN2O3/c21-16-4-5-19-18(12-16)23(20(24)14-26-19)9-1-8-22-10-6-17(7-11-22)25-13-15-2-3-15/h4-5,12,15,17H,1-3,6-11,13-14H2. The van der Waals surface area contributed by atoms with Gasteiger partial charge in [0.15, 0.2) is 6.61 Å². The molecule has 4 rings (SSSR count). The maximum Gasteiger partial charge on any atom is 0.265 e. The molecule has 1 saturated carbocycles. The first-order valence-electron chi connectivity index (χ1n) is 9.76. The molecule has 3 aliphatic rings. The van der Waals surface area contributed by atoms with Gasteiger partial charge in [0.05, 0.1) is 11.8 Å². The molecule has 2 heterocycles. The summed E-state index contributed by atoms with van der Waals surface area (Å²) in [6.07, 6.45) is 6.16. The fourth-order valence-electron chi connectivity index (χ4n) is 3.73. The Morgan fingerprint density at radius 3 is 2.73 bits per heavy atom. The normalized spacial score (nSPS) is 21.6. The Labute approximate surface area is 154 Å². The van der Waals surface area contributed by atoms with E-state index in [2.05, 4.69) is 4.90 Å². The molecular weight excluding hydrogens is 335 g/mol. The van der Waals surface area contributed by atoms with Crippen LogP contribution in [-0.2, 0) is 9.53 Å². The third kappa shape index (κ3) is 4.35. The minimum Gasteiger partial charge on any atom is -0.482 e. The van der Waals surface area contributed by atoms with Gasteiger partial charge in [-0.25, -0.2) is 4.39 Å². The van der Waals surface area contributed by atoms with Gasteiger partial charge < -0.3 is 19.3 Å². The Balaban J connectivity index is 1.22. The molecule has 0 radical (unpaired) electrons. The van der Waals surface area contributed by atoms with Crippen molar-refractivity contribution in [1.82, 2.24) is 4.90 Å². The van der Waals surface area contributed by atoms with Gasteiger partial charge in [-0.15, -0.1) is 0 Å². The highest BCUT2D eigenvalue weighted by molar-refractivity contribution is 5.97. The number of hydrogen-bond acceptors (Lipinski definition) is 4. The Kier molecular flexibility index (Phi) is 5.41. The number of halogens is 1. The van der Waals surface area contributed by atoms with Gasteiger partial charge in [0.2, 0.25) is 0 Å². The molecule has 2 fully saturated rings. The lowest BCUT2D eigenvalue weighted by Gasteiger charge is -2.33. The maximum absolute atomic E-state index is 13.5. The van der Waals surface area contributed by atoms with E-state index in [0.29, 0.717) is 24.1 Å². The SMILES string of the molecule is O=C1COc2ccc(F)cc2N1CCCN1CCC(OCC2CC2)CC1. The maximum atomic E-state index is 13.5. The van der Waals surface area contributed by atoms with Crippen molar-refractivity contribution in [2.24, 2.45) is 5.92 Å². The summed E-state index contributed by atoms with van der Waals surface area (Å²) < 4.78 is 24.9. The largest absolute Gasteiger partial charge is 0.482 e. The predicted octanol–water partition coefficient (Wildman–Crippen LogP) is 2.83. The molecule has 1 aromatic carbocycles. The van der Waals surface area contributed by atoms with Crippen LogP contribution in [0.15, 0.2) is 18.2 Å². The van der Waals surface area contributed by atoms with Crippen molar-refractivity contribution in [2.75, 3.05) is 44.3 Å². The third-order valence-corrected chi connectivity index (χ3v) is 5.52. The van der Waals surface area contributed by atoms with E-state index in [1.807, 2.05) is 0 Å². The lowest BCUT2D eigenvalue weighted by atomic mass is 10.1. The molecule has 1 aliphatic carbocycles. The van der Waals surface area contributed by atoms with Crippen molar-refractivity contribution in [3.63, 3.8) is 0 Å². The number of carbonyl (C=O) groups excluding carboxylic acids is 1. The number of benzene rings is 1. The van der Waals surface area contributed by atoms with Crippen LogP contribution in [0.4, 0.5) is 10.1 Å². The zero-order valence-electron chi connectivity index (χ0n) is 15.2. The number of amides is 1. The second-order valence-electron chi connectivity index (χ2n) is 7.62. The Bertz CT molecular complexity index is 642. The van der Waals surface area contributed by atoms with E-state index in [4.69, 9.17) is 9.47 Å². The molecule has 1 aromatic rings. The van der Waals surface area contributed by atoms with Crippen LogP contribution in [0.3, 0.4) is 0 Å². The van der Waals surface area contributed by atoms with E-state index >= 15 is 0 Å². The van der Waals surface area contributed by atoms with Gasteiger partial charge in [0.1, 0.15) is 11.6 Å². The van der Waals surface area contributed by atoms with Crippen molar-refractivity contribution < 1.29 is 18.7 Å². The highest BCUT2D eigenvalue weighted by Gasteiger charge is 2.27. The smallest absolute Gasteiger partial charge is 0.265 e. The lowest BCUT2D eigenvalue weighted by molar-refractivity contribution is -0.121. The summed E-state index contributed by atoms with van der Waals surface area (Å²) >= 11 is 0. The van der Waals surface area contributed by atoms with Crippen molar-refractivity contribution in [1.29, 1.82) is 0 Å². The molecular formula is C20H27FN2O3. The van der Waals surface area contributed by atoms with Gasteiger partial charge in [-0.2, -0.15) is 0 Å². The van der Waals surface area contributed by atoms with Crippen molar-refractivity contribution >= 4 is 11.6 Å². The molecule has 6 heteroatoms. The zero-order chi connectivity index (χ0) is 17.9. The molecule has 1 saturated heterocycles. The van der Waals surface area contributed by atoms with Gasteiger partial charge in [-0.1, -0.05) is 0 Å². The molecule has 26 heavy (non-hydrogen) atoms. The average molecular weight is 362 g/mol. The van der Waals surface area contributed by atoms with Gasteiger partial charge >= 0.3 is 0 Å². The van der Waals surface area contributed by atoms with Crippen LogP contribution in [-0.4, -0.2) is 56.3 Å². The first-order valence-corrected chi connectivity index (χ1v) is 9.76. The highest BCUT2D eigenvalue weighted by atomic mass is 19.1. The number of likely N-dealkylation sites (tertiary alicyclic amines) is 1. The van der Waals surface area contributed by atoms with Crippen molar-refractivity contribution in [3.05, 3.63) is 24.0 Å². The van der Waals surface area contributed by atoms with E-state index in [0.717, 1.165) is 51.4 Å². The molecule has 0 N–H and O–H groups in total. The Morgan fingerprint density at radius 2 is 1.96 bits per heavy atom. The molecule has 1 amide bonds. The van der Waals surface area contributed by atoms with Gasteiger partial charge in [-0.3, -0.25) is 4.79 Å². The summed E-state index contributed by atoms with van der Waals surface area (Å²) in [6, 6.07) is 4.34. The minimum absolute atomic E-state index is 0.0301. The minimum atomic E-state index is -0.347. The fraction of sp³-hybridized carbons (Fsp3) is 0.650.